The van der Waals surface area contributed by atoms with E-state index in [1.165, 1.54) is 0 Å². The number of carbonyl (C=O) groups is 2. The summed E-state index contributed by atoms with van der Waals surface area (Å²) < 4.78 is 5.44. The van der Waals surface area contributed by atoms with E-state index in [0.717, 1.165) is 56.6 Å². The van der Waals surface area contributed by atoms with Crippen molar-refractivity contribution in [2.24, 2.45) is 5.92 Å². The second-order valence-corrected chi connectivity index (χ2v) is 5.89. The fraction of sp³-hybridized carbons (Fsp3) is 0.688. The van der Waals surface area contributed by atoms with Gasteiger partial charge in [0.1, 0.15) is 5.76 Å². The van der Waals surface area contributed by atoms with Crippen LogP contribution in [-0.4, -0.2) is 34.8 Å². The summed E-state index contributed by atoms with van der Waals surface area (Å²) in [6.45, 7) is 6.85. The molecular formula is C16H24N2O3. The summed E-state index contributed by atoms with van der Waals surface area (Å²) in [6.07, 6.45) is 4.39. The SMILES string of the molecule is CCCc1noc(CC2CCN(C(C)=O)CC2)c1C(C)=O. The second kappa shape index (κ2) is 6.87. The molecule has 0 radical (unpaired) electrons. The molecule has 5 heteroatoms. The van der Waals surface area contributed by atoms with Crippen molar-refractivity contribution in [1.29, 1.82) is 0 Å². The number of hydrogen-bond acceptors (Lipinski definition) is 4. The van der Waals surface area contributed by atoms with Crippen LogP contribution in [0, 0.1) is 5.92 Å². The van der Waals surface area contributed by atoms with Gasteiger partial charge in [0.2, 0.25) is 5.91 Å². The highest BCUT2D eigenvalue weighted by molar-refractivity contribution is 5.96. The van der Waals surface area contributed by atoms with Crippen molar-refractivity contribution in [3.63, 3.8) is 0 Å². The van der Waals surface area contributed by atoms with Crippen LogP contribution in [0.5, 0.6) is 0 Å². The second-order valence-electron chi connectivity index (χ2n) is 5.89. The van der Waals surface area contributed by atoms with Crippen molar-refractivity contribution in [2.75, 3.05) is 13.1 Å². The van der Waals surface area contributed by atoms with Crippen LogP contribution in [0.4, 0.5) is 0 Å². The normalized spacial score (nSPS) is 16.2. The van der Waals surface area contributed by atoms with E-state index < -0.39 is 0 Å². The molecule has 0 bridgehead atoms. The van der Waals surface area contributed by atoms with E-state index in [1.807, 2.05) is 4.90 Å². The molecule has 1 aliphatic rings. The van der Waals surface area contributed by atoms with E-state index >= 15 is 0 Å². The zero-order valence-corrected chi connectivity index (χ0v) is 13.1. The lowest BCUT2D eigenvalue weighted by Gasteiger charge is -2.30. The Morgan fingerprint density at radius 3 is 2.48 bits per heavy atom. The van der Waals surface area contributed by atoms with Gasteiger partial charge in [0, 0.05) is 26.4 Å². The van der Waals surface area contributed by atoms with E-state index in [0.29, 0.717) is 11.5 Å². The first-order valence-electron chi connectivity index (χ1n) is 7.76. The van der Waals surface area contributed by atoms with Gasteiger partial charge in [-0.05, 0) is 32.1 Å². The standard InChI is InChI=1S/C16H24N2O3/c1-4-5-14-16(11(2)19)15(21-17-14)10-13-6-8-18(9-7-13)12(3)20/h13H,4-10H2,1-3H3. The topological polar surface area (TPSA) is 63.4 Å². The molecule has 0 saturated carbocycles. The zero-order chi connectivity index (χ0) is 15.4. The van der Waals surface area contributed by atoms with Gasteiger partial charge < -0.3 is 9.42 Å². The average molecular weight is 292 g/mol. The van der Waals surface area contributed by atoms with E-state index in [-0.39, 0.29) is 11.7 Å². The van der Waals surface area contributed by atoms with E-state index in [2.05, 4.69) is 12.1 Å². The number of Topliss-reactive ketones (excluding diaryl/α,β-unsaturated/α-hetero) is 1. The lowest BCUT2D eigenvalue weighted by atomic mass is 9.90. The molecule has 0 N–H and O–H groups in total. The Bertz CT molecular complexity index is 514. The van der Waals surface area contributed by atoms with Gasteiger partial charge in [0.05, 0.1) is 11.3 Å². The highest BCUT2D eigenvalue weighted by atomic mass is 16.5. The molecule has 0 aliphatic carbocycles. The Hall–Kier alpha value is -1.65. The van der Waals surface area contributed by atoms with Crippen LogP contribution in [0.3, 0.4) is 0 Å². The molecule has 0 unspecified atom stereocenters. The van der Waals surface area contributed by atoms with Gasteiger partial charge >= 0.3 is 0 Å². The van der Waals surface area contributed by atoms with E-state index in [4.69, 9.17) is 4.52 Å². The van der Waals surface area contributed by atoms with Crippen LogP contribution in [0.1, 0.15) is 61.8 Å². The van der Waals surface area contributed by atoms with E-state index in [9.17, 15) is 9.59 Å². The fourth-order valence-corrected chi connectivity index (χ4v) is 3.02. The maximum Gasteiger partial charge on any atom is 0.219 e. The summed E-state index contributed by atoms with van der Waals surface area (Å²) in [6, 6.07) is 0. The molecule has 0 spiro atoms. The van der Waals surface area contributed by atoms with Gasteiger partial charge in [-0.15, -0.1) is 0 Å². The highest BCUT2D eigenvalue weighted by Crippen LogP contribution is 2.25. The number of aromatic nitrogens is 1. The molecule has 1 saturated heterocycles. The Kier molecular flexibility index (Phi) is 5.15. The molecule has 2 heterocycles. The lowest BCUT2D eigenvalue weighted by molar-refractivity contribution is -0.130. The number of amides is 1. The molecule has 1 aromatic rings. The molecule has 21 heavy (non-hydrogen) atoms. The van der Waals surface area contributed by atoms with Gasteiger partial charge in [-0.25, -0.2) is 0 Å². The average Bonchev–Trinajstić information content (AvgIpc) is 2.82. The highest BCUT2D eigenvalue weighted by Gasteiger charge is 2.26. The lowest BCUT2D eigenvalue weighted by Crippen LogP contribution is -2.37. The molecule has 2 rings (SSSR count). The maximum atomic E-state index is 11.9. The number of ketones is 1. The van der Waals surface area contributed by atoms with Crippen LogP contribution < -0.4 is 0 Å². The zero-order valence-electron chi connectivity index (χ0n) is 13.1. The summed E-state index contributed by atoms with van der Waals surface area (Å²) in [7, 11) is 0. The van der Waals surface area contributed by atoms with Crippen molar-refractivity contribution < 1.29 is 14.1 Å². The number of hydrogen-bond donors (Lipinski definition) is 0. The largest absolute Gasteiger partial charge is 0.360 e. The molecule has 1 aromatic heterocycles. The van der Waals surface area contributed by atoms with Crippen LogP contribution >= 0.6 is 0 Å². The van der Waals surface area contributed by atoms with Crippen LogP contribution in [0.2, 0.25) is 0 Å². The monoisotopic (exact) mass is 292 g/mol. The third-order valence-electron chi connectivity index (χ3n) is 4.21. The predicted molar refractivity (Wildman–Crippen MR) is 79.2 cm³/mol. The van der Waals surface area contributed by atoms with Crippen molar-refractivity contribution in [1.82, 2.24) is 10.1 Å². The van der Waals surface area contributed by atoms with Gasteiger partial charge in [-0.2, -0.15) is 0 Å². The van der Waals surface area contributed by atoms with Gasteiger partial charge in [0.25, 0.3) is 0 Å². The fourth-order valence-electron chi connectivity index (χ4n) is 3.02. The van der Waals surface area contributed by atoms with Crippen molar-refractivity contribution in [3.8, 4) is 0 Å². The third kappa shape index (κ3) is 3.71. The van der Waals surface area contributed by atoms with Crippen LogP contribution in [-0.2, 0) is 17.6 Å². The molecule has 1 amide bonds. The Labute approximate surface area is 125 Å². The van der Waals surface area contributed by atoms with Crippen molar-refractivity contribution in [2.45, 2.75) is 52.9 Å². The number of aryl methyl sites for hydroxylation is 1. The first-order valence-corrected chi connectivity index (χ1v) is 7.76. The number of likely N-dealkylation sites (tertiary alicyclic amines) is 1. The first-order chi connectivity index (χ1) is 10.0. The van der Waals surface area contributed by atoms with Crippen molar-refractivity contribution in [3.05, 3.63) is 17.0 Å². The van der Waals surface area contributed by atoms with E-state index in [1.54, 1.807) is 13.8 Å². The molecule has 5 nitrogen and oxygen atoms in total. The Morgan fingerprint density at radius 2 is 1.95 bits per heavy atom. The minimum Gasteiger partial charge on any atom is -0.360 e. The molecule has 0 atom stereocenters. The summed E-state index contributed by atoms with van der Waals surface area (Å²) >= 11 is 0. The third-order valence-corrected chi connectivity index (χ3v) is 4.21. The molecule has 1 aliphatic heterocycles. The van der Waals surface area contributed by atoms with Gasteiger partial charge in [0.15, 0.2) is 5.78 Å². The number of carbonyl (C=O) groups excluding carboxylic acids is 2. The Balaban J connectivity index is 2.03. The molecule has 0 aromatic carbocycles. The summed E-state index contributed by atoms with van der Waals surface area (Å²) in [5, 5.41) is 4.08. The minimum atomic E-state index is 0.0378. The molecule has 116 valence electrons. The molecule has 1 fully saturated rings. The number of piperidine rings is 1. The summed E-state index contributed by atoms with van der Waals surface area (Å²) in [5.74, 6) is 1.37. The summed E-state index contributed by atoms with van der Waals surface area (Å²) in [4.78, 5) is 25.1. The number of nitrogens with zero attached hydrogens (tertiary/aromatic N) is 2. The van der Waals surface area contributed by atoms with Gasteiger partial charge in [-0.3, -0.25) is 9.59 Å². The summed E-state index contributed by atoms with van der Waals surface area (Å²) in [5.41, 5.74) is 1.48. The first kappa shape index (κ1) is 15.7. The van der Waals surface area contributed by atoms with Crippen LogP contribution in [0.15, 0.2) is 4.52 Å². The molecular weight excluding hydrogens is 268 g/mol. The van der Waals surface area contributed by atoms with Crippen molar-refractivity contribution >= 4 is 11.7 Å². The number of rotatable bonds is 5. The minimum absolute atomic E-state index is 0.0378. The smallest absolute Gasteiger partial charge is 0.219 e. The Morgan fingerprint density at radius 1 is 1.29 bits per heavy atom. The van der Waals surface area contributed by atoms with Crippen LogP contribution in [0.25, 0.3) is 0 Å². The maximum absolute atomic E-state index is 11.9. The predicted octanol–water partition coefficient (Wildman–Crippen LogP) is 2.63. The quantitative estimate of drug-likeness (QED) is 0.783. The van der Waals surface area contributed by atoms with Gasteiger partial charge in [-0.1, -0.05) is 18.5 Å².